The van der Waals surface area contributed by atoms with E-state index >= 15 is 0 Å². The zero-order valence-electron chi connectivity index (χ0n) is 10.4. The fourth-order valence-electron chi connectivity index (χ4n) is 3.21. The van der Waals surface area contributed by atoms with Crippen LogP contribution >= 0.6 is 11.3 Å². The minimum atomic E-state index is 0.372. The predicted molar refractivity (Wildman–Crippen MR) is 73.9 cm³/mol. The van der Waals surface area contributed by atoms with Gasteiger partial charge < -0.3 is 5.11 Å². The molecule has 17 heavy (non-hydrogen) atoms. The van der Waals surface area contributed by atoms with E-state index in [0.717, 1.165) is 0 Å². The number of phenolic OH excluding ortho intramolecular Hbond substituents is 1. The molecule has 0 spiro atoms. The Morgan fingerprint density at radius 3 is 2.88 bits per heavy atom. The van der Waals surface area contributed by atoms with Gasteiger partial charge in [0.05, 0.1) is 0 Å². The zero-order chi connectivity index (χ0) is 12.0. The summed E-state index contributed by atoms with van der Waals surface area (Å²) in [6.45, 7) is 4.77. The van der Waals surface area contributed by atoms with Crippen molar-refractivity contribution in [2.45, 2.75) is 39.0 Å². The summed E-state index contributed by atoms with van der Waals surface area (Å²) in [5.74, 6) is 1.05. The summed E-state index contributed by atoms with van der Waals surface area (Å²) in [5, 5.41) is 13.1. The van der Waals surface area contributed by atoms with Gasteiger partial charge in [0.15, 0.2) is 0 Å². The molecule has 1 aliphatic rings. The van der Waals surface area contributed by atoms with Gasteiger partial charge in [0.1, 0.15) is 5.75 Å². The van der Waals surface area contributed by atoms with Crippen LogP contribution in [-0.4, -0.2) is 5.11 Å². The fourth-order valence-corrected chi connectivity index (χ4v) is 4.26. The molecule has 0 saturated heterocycles. The Balaban J connectivity index is 2.12. The molecule has 1 fully saturated rings. The molecule has 1 atom stereocenters. The first-order valence-corrected chi connectivity index (χ1v) is 7.16. The highest BCUT2D eigenvalue weighted by atomic mass is 32.1. The summed E-state index contributed by atoms with van der Waals surface area (Å²) in [4.78, 5) is 0. The maximum atomic E-state index is 9.51. The van der Waals surface area contributed by atoms with E-state index in [1.54, 1.807) is 17.4 Å². The number of phenols is 1. The van der Waals surface area contributed by atoms with Crippen LogP contribution in [0.5, 0.6) is 5.75 Å². The Morgan fingerprint density at radius 1 is 1.35 bits per heavy atom. The van der Waals surface area contributed by atoms with Crippen LogP contribution in [-0.2, 0) is 0 Å². The van der Waals surface area contributed by atoms with Crippen LogP contribution in [0.3, 0.4) is 0 Å². The lowest BCUT2D eigenvalue weighted by Gasteiger charge is -2.26. The molecule has 1 unspecified atom stereocenters. The number of thiophene rings is 1. The molecule has 90 valence electrons. The zero-order valence-corrected chi connectivity index (χ0v) is 11.2. The Bertz CT molecular complexity index is 553. The van der Waals surface area contributed by atoms with E-state index < -0.39 is 0 Å². The first-order valence-electron chi connectivity index (χ1n) is 6.28. The summed E-state index contributed by atoms with van der Waals surface area (Å²) in [7, 11) is 0. The highest BCUT2D eigenvalue weighted by Gasteiger charge is 2.36. The Morgan fingerprint density at radius 2 is 2.18 bits per heavy atom. The first kappa shape index (κ1) is 11.1. The molecule has 0 bridgehead atoms. The second-order valence-electron chi connectivity index (χ2n) is 5.80. The second kappa shape index (κ2) is 3.74. The lowest BCUT2D eigenvalue weighted by Crippen LogP contribution is -2.14. The van der Waals surface area contributed by atoms with Gasteiger partial charge in [0.2, 0.25) is 0 Å². The largest absolute Gasteiger partial charge is 0.508 e. The summed E-state index contributed by atoms with van der Waals surface area (Å²) in [5.41, 5.74) is 1.92. The van der Waals surface area contributed by atoms with E-state index in [4.69, 9.17) is 0 Å². The summed E-state index contributed by atoms with van der Waals surface area (Å²) in [6, 6.07) is 5.76. The molecule has 1 saturated carbocycles. The van der Waals surface area contributed by atoms with E-state index in [1.165, 1.54) is 34.9 Å². The first-order chi connectivity index (χ1) is 8.08. The minimum absolute atomic E-state index is 0.372. The Hall–Kier alpha value is -1.02. The van der Waals surface area contributed by atoms with Gasteiger partial charge in [-0.1, -0.05) is 20.3 Å². The summed E-state index contributed by atoms with van der Waals surface area (Å²) >= 11 is 1.76. The molecule has 3 rings (SSSR count). The van der Waals surface area contributed by atoms with Crippen molar-refractivity contribution in [1.29, 1.82) is 0 Å². The molecule has 1 aromatic carbocycles. The third kappa shape index (κ3) is 1.75. The molecular weight excluding hydrogens is 228 g/mol. The van der Waals surface area contributed by atoms with E-state index in [2.05, 4.69) is 25.3 Å². The van der Waals surface area contributed by atoms with Crippen molar-refractivity contribution in [2.24, 2.45) is 5.41 Å². The van der Waals surface area contributed by atoms with Crippen LogP contribution in [0.1, 0.15) is 44.6 Å². The van der Waals surface area contributed by atoms with Crippen LogP contribution in [0, 0.1) is 5.41 Å². The molecule has 2 heteroatoms. The van der Waals surface area contributed by atoms with Gasteiger partial charge >= 0.3 is 0 Å². The molecule has 1 nitrogen and oxygen atoms in total. The van der Waals surface area contributed by atoms with Crippen molar-refractivity contribution >= 4 is 21.4 Å². The number of benzene rings is 1. The fraction of sp³-hybridized carbons (Fsp3) is 0.467. The standard InChI is InChI=1S/C15H18OS/c1-15(2)7-3-4-13(15)12-9-17-14-8-10(16)5-6-11(12)14/h5-6,8-9,13,16H,3-4,7H2,1-2H3. The van der Waals surface area contributed by atoms with E-state index in [0.29, 0.717) is 17.1 Å². The maximum Gasteiger partial charge on any atom is 0.117 e. The number of hydrogen-bond acceptors (Lipinski definition) is 2. The van der Waals surface area contributed by atoms with E-state index in [-0.39, 0.29) is 0 Å². The predicted octanol–water partition coefficient (Wildman–Crippen LogP) is 4.90. The van der Waals surface area contributed by atoms with Crippen LogP contribution in [0.4, 0.5) is 0 Å². The van der Waals surface area contributed by atoms with Gasteiger partial charge in [-0.05, 0) is 58.7 Å². The van der Waals surface area contributed by atoms with Gasteiger partial charge in [-0.2, -0.15) is 0 Å². The van der Waals surface area contributed by atoms with Gasteiger partial charge in [-0.25, -0.2) is 0 Å². The van der Waals surface area contributed by atoms with Gasteiger partial charge in [-0.15, -0.1) is 11.3 Å². The van der Waals surface area contributed by atoms with Crippen molar-refractivity contribution in [2.75, 3.05) is 0 Å². The van der Waals surface area contributed by atoms with Gasteiger partial charge in [-0.3, -0.25) is 0 Å². The average molecular weight is 246 g/mol. The smallest absolute Gasteiger partial charge is 0.117 e. The highest BCUT2D eigenvalue weighted by Crippen LogP contribution is 2.51. The van der Waals surface area contributed by atoms with Crippen molar-refractivity contribution in [3.63, 3.8) is 0 Å². The molecule has 0 aliphatic heterocycles. The average Bonchev–Trinajstić information content (AvgIpc) is 2.80. The normalized spacial score (nSPS) is 23.3. The van der Waals surface area contributed by atoms with E-state index in [9.17, 15) is 5.11 Å². The quantitative estimate of drug-likeness (QED) is 0.758. The third-order valence-corrected chi connectivity index (χ3v) is 5.19. The van der Waals surface area contributed by atoms with Crippen molar-refractivity contribution in [3.8, 4) is 5.75 Å². The number of hydrogen-bond donors (Lipinski definition) is 1. The van der Waals surface area contributed by atoms with Crippen molar-refractivity contribution in [3.05, 3.63) is 29.1 Å². The molecule has 2 aromatic rings. The molecule has 1 aromatic heterocycles. The molecule has 1 N–H and O–H groups in total. The molecule has 0 radical (unpaired) electrons. The van der Waals surface area contributed by atoms with Crippen LogP contribution < -0.4 is 0 Å². The number of aromatic hydroxyl groups is 1. The van der Waals surface area contributed by atoms with Gasteiger partial charge in [0.25, 0.3) is 0 Å². The number of rotatable bonds is 1. The third-order valence-electron chi connectivity index (χ3n) is 4.22. The van der Waals surface area contributed by atoms with Crippen molar-refractivity contribution in [1.82, 2.24) is 0 Å². The van der Waals surface area contributed by atoms with E-state index in [1.807, 2.05) is 6.07 Å². The van der Waals surface area contributed by atoms with Crippen LogP contribution in [0.25, 0.3) is 10.1 Å². The highest BCUT2D eigenvalue weighted by molar-refractivity contribution is 7.17. The molecule has 0 amide bonds. The summed E-state index contributed by atoms with van der Waals surface area (Å²) < 4.78 is 1.21. The van der Waals surface area contributed by atoms with Crippen LogP contribution in [0.15, 0.2) is 23.6 Å². The van der Waals surface area contributed by atoms with Crippen LogP contribution in [0.2, 0.25) is 0 Å². The lowest BCUT2D eigenvalue weighted by atomic mass is 9.78. The van der Waals surface area contributed by atoms with Crippen molar-refractivity contribution < 1.29 is 5.11 Å². The number of fused-ring (bicyclic) bond motifs is 1. The molecule has 1 aliphatic carbocycles. The Kier molecular flexibility index (Phi) is 2.44. The lowest BCUT2D eigenvalue weighted by molar-refractivity contribution is 0.334. The SMILES string of the molecule is CC1(C)CCCC1c1csc2cc(O)ccc12. The monoisotopic (exact) mass is 246 g/mol. The maximum absolute atomic E-state index is 9.51. The molecule has 1 heterocycles. The second-order valence-corrected chi connectivity index (χ2v) is 6.72. The van der Waals surface area contributed by atoms with Gasteiger partial charge in [0, 0.05) is 4.70 Å². The Labute approximate surface area is 106 Å². The molecular formula is C15H18OS. The minimum Gasteiger partial charge on any atom is -0.508 e. The summed E-state index contributed by atoms with van der Waals surface area (Å²) in [6.07, 6.45) is 3.97. The topological polar surface area (TPSA) is 20.2 Å².